The van der Waals surface area contributed by atoms with Crippen LogP contribution in [-0.2, 0) is 24.2 Å². The van der Waals surface area contributed by atoms with E-state index in [0.29, 0.717) is 19.3 Å². The lowest BCUT2D eigenvalue weighted by atomic mass is 9.97. The highest BCUT2D eigenvalue weighted by molar-refractivity contribution is 5.81. The summed E-state index contributed by atoms with van der Waals surface area (Å²) in [5.74, 6) is 2.00. The third kappa shape index (κ3) is 5.13. The zero-order chi connectivity index (χ0) is 19.2. The minimum absolute atomic E-state index is 0.0874. The van der Waals surface area contributed by atoms with Crippen molar-refractivity contribution in [2.75, 3.05) is 18.0 Å². The van der Waals surface area contributed by atoms with Crippen LogP contribution >= 0.6 is 0 Å². The molecule has 0 radical (unpaired) electrons. The molecule has 3 rings (SSSR count). The number of aliphatic hydroxyl groups is 1. The molecule has 5 heteroatoms. The number of anilines is 1. The first-order valence-corrected chi connectivity index (χ1v) is 9.82. The Morgan fingerprint density at radius 2 is 1.96 bits per heavy atom. The predicted molar refractivity (Wildman–Crippen MR) is 107 cm³/mol. The van der Waals surface area contributed by atoms with E-state index in [1.165, 1.54) is 12.8 Å². The summed E-state index contributed by atoms with van der Waals surface area (Å²) in [6, 6.07) is 5.97. The average molecular weight is 367 g/mol. The minimum Gasteiger partial charge on any atom is -0.392 e. The summed E-state index contributed by atoms with van der Waals surface area (Å²) in [6.45, 7) is 6.31. The largest absolute Gasteiger partial charge is 0.392 e. The van der Waals surface area contributed by atoms with Crippen LogP contribution in [0.2, 0.25) is 0 Å². The average Bonchev–Trinajstić information content (AvgIpc) is 2.68. The summed E-state index contributed by atoms with van der Waals surface area (Å²) in [4.78, 5) is 23.7. The number of nitrogens with zero attached hydrogens (tertiary/aromatic N) is 3. The quantitative estimate of drug-likeness (QED) is 0.814. The van der Waals surface area contributed by atoms with E-state index in [-0.39, 0.29) is 12.4 Å². The second-order valence-electron chi connectivity index (χ2n) is 7.62. The molecule has 0 amide bonds. The number of carbonyl (C=O) groups is 1. The standard InChI is InChI=1S/C22H29N3O2/c1-16-8-11-25(12-9-16)22-18(4-3-17(2)24-22)5-6-21(27)13-19-7-10-23-14-20(19)15-26/h3-4,7,10,14,16,26H,5-6,8-9,11-13,15H2,1-2H3. The highest BCUT2D eigenvalue weighted by Gasteiger charge is 2.20. The molecule has 2 aromatic rings. The van der Waals surface area contributed by atoms with Gasteiger partial charge >= 0.3 is 0 Å². The van der Waals surface area contributed by atoms with Gasteiger partial charge < -0.3 is 10.0 Å². The molecule has 1 aliphatic heterocycles. The van der Waals surface area contributed by atoms with Gasteiger partial charge in [0.15, 0.2) is 0 Å². The topological polar surface area (TPSA) is 66.3 Å². The van der Waals surface area contributed by atoms with Crippen LogP contribution in [0.5, 0.6) is 0 Å². The highest BCUT2D eigenvalue weighted by Crippen LogP contribution is 2.26. The van der Waals surface area contributed by atoms with Crippen molar-refractivity contribution in [2.45, 2.75) is 52.6 Å². The SMILES string of the molecule is Cc1ccc(CCC(=O)Cc2ccncc2CO)c(N2CCC(C)CC2)n1. The molecular weight excluding hydrogens is 338 g/mol. The molecule has 5 nitrogen and oxygen atoms in total. The molecular formula is C22H29N3O2. The van der Waals surface area contributed by atoms with Crippen molar-refractivity contribution in [1.29, 1.82) is 0 Å². The van der Waals surface area contributed by atoms with Gasteiger partial charge in [-0.15, -0.1) is 0 Å². The van der Waals surface area contributed by atoms with Gasteiger partial charge in [-0.3, -0.25) is 9.78 Å². The first-order chi connectivity index (χ1) is 13.1. The first-order valence-electron chi connectivity index (χ1n) is 9.82. The predicted octanol–water partition coefficient (Wildman–Crippen LogP) is 3.26. The van der Waals surface area contributed by atoms with Crippen molar-refractivity contribution in [3.63, 3.8) is 0 Å². The van der Waals surface area contributed by atoms with Gasteiger partial charge in [-0.1, -0.05) is 13.0 Å². The minimum atomic E-state index is -0.0874. The Kier molecular flexibility index (Phi) is 6.56. The van der Waals surface area contributed by atoms with Crippen LogP contribution in [0.1, 0.15) is 48.6 Å². The number of rotatable bonds is 7. The van der Waals surface area contributed by atoms with Gasteiger partial charge in [-0.05, 0) is 60.9 Å². The number of pyridine rings is 2. The number of carbonyl (C=O) groups excluding carboxylic acids is 1. The van der Waals surface area contributed by atoms with E-state index in [1.54, 1.807) is 12.4 Å². The smallest absolute Gasteiger partial charge is 0.137 e. The van der Waals surface area contributed by atoms with Gasteiger partial charge in [0.2, 0.25) is 0 Å². The van der Waals surface area contributed by atoms with Crippen LogP contribution in [-0.4, -0.2) is 33.9 Å². The Morgan fingerprint density at radius 1 is 1.19 bits per heavy atom. The lowest BCUT2D eigenvalue weighted by Gasteiger charge is -2.32. The van der Waals surface area contributed by atoms with Crippen LogP contribution in [0.3, 0.4) is 0 Å². The molecule has 0 atom stereocenters. The number of aromatic nitrogens is 2. The summed E-state index contributed by atoms with van der Waals surface area (Å²) in [7, 11) is 0. The monoisotopic (exact) mass is 367 g/mol. The van der Waals surface area contributed by atoms with Crippen LogP contribution in [0.15, 0.2) is 30.6 Å². The van der Waals surface area contributed by atoms with Crippen LogP contribution in [0.4, 0.5) is 5.82 Å². The number of hydrogen-bond donors (Lipinski definition) is 1. The molecule has 0 bridgehead atoms. The van der Waals surface area contributed by atoms with E-state index in [4.69, 9.17) is 4.98 Å². The third-order valence-electron chi connectivity index (χ3n) is 5.41. The Balaban J connectivity index is 1.66. The maximum Gasteiger partial charge on any atom is 0.137 e. The summed E-state index contributed by atoms with van der Waals surface area (Å²) in [5, 5.41) is 9.40. The molecule has 144 valence electrons. The molecule has 0 aromatic carbocycles. The van der Waals surface area contributed by atoms with E-state index in [1.807, 2.05) is 19.1 Å². The van der Waals surface area contributed by atoms with Crippen molar-refractivity contribution in [1.82, 2.24) is 9.97 Å². The van der Waals surface area contributed by atoms with Crippen molar-refractivity contribution in [2.24, 2.45) is 5.92 Å². The van der Waals surface area contributed by atoms with Crippen LogP contribution in [0, 0.1) is 12.8 Å². The fourth-order valence-electron chi connectivity index (χ4n) is 3.61. The summed E-state index contributed by atoms with van der Waals surface area (Å²) in [5.41, 5.74) is 3.76. The molecule has 1 fully saturated rings. The van der Waals surface area contributed by atoms with Gasteiger partial charge in [0.25, 0.3) is 0 Å². The molecule has 3 heterocycles. The Labute approximate surface area is 161 Å². The van der Waals surface area contributed by atoms with Gasteiger partial charge in [-0.2, -0.15) is 0 Å². The zero-order valence-electron chi connectivity index (χ0n) is 16.3. The lowest BCUT2D eigenvalue weighted by Crippen LogP contribution is -2.34. The third-order valence-corrected chi connectivity index (χ3v) is 5.41. The molecule has 0 unspecified atom stereocenters. The molecule has 0 spiro atoms. The van der Waals surface area contributed by atoms with Crippen LogP contribution in [0.25, 0.3) is 0 Å². The number of aliphatic hydroxyl groups excluding tert-OH is 1. The Morgan fingerprint density at radius 3 is 2.70 bits per heavy atom. The number of ketones is 1. The summed E-state index contributed by atoms with van der Waals surface area (Å²) < 4.78 is 0. The van der Waals surface area contributed by atoms with Crippen molar-refractivity contribution in [3.8, 4) is 0 Å². The van der Waals surface area contributed by atoms with E-state index < -0.39 is 0 Å². The summed E-state index contributed by atoms with van der Waals surface area (Å²) in [6.07, 6.45) is 7.21. The Hall–Kier alpha value is -2.27. The van der Waals surface area contributed by atoms with Crippen molar-refractivity contribution in [3.05, 3.63) is 53.0 Å². The van der Waals surface area contributed by atoms with Crippen molar-refractivity contribution < 1.29 is 9.90 Å². The van der Waals surface area contributed by atoms with Gasteiger partial charge in [0.05, 0.1) is 6.61 Å². The second kappa shape index (κ2) is 9.09. The molecule has 1 N–H and O–H groups in total. The molecule has 0 saturated carbocycles. The van der Waals surface area contributed by atoms with E-state index in [9.17, 15) is 9.90 Å². The number of aryl methyl sites for hydroxylation is 2. The first kappa shape index (κ1) is 19.5. The van der Waals surface area contributed by atoms with Gasteiger partial charge in [0, 0.05) is 44.0 Å². The van der Waals surface area contributed by atoms with Gasteiger partial charge in [0.1, 0.15) is 11.6 Å². The number of hydrogen-bond acceptors (Lipinski definition) is 5. The van der Waals surface area contributed by atoms with E-state index >= 15 is 0 Å². The zero-order valence-corrected chi connectivity index (χ0v) is 16.3. The fraction of sp³-hybridized carbons (Fsp3) is 0.500. The number of piperidine rings is 1. The number of Topliss-reactive ketones (excluding diaryl/α,β-unsaturated/α-hetero) is 1. The highest BCUT2D eigenvalue weighted by atomic mass is 16.3. The summed E-state index contributed by atoms with van der Waals surface area (Å²) >= 11 is 0. The van der Waals surface area contributed by atoms with E-state index in [2.05, 4.69) is 22.9 Å². The van der Waals surface area contributed by atoms with Crippen LogP contribution < -0.4 is 4.90 Å². The normalized spacial score (nSPS) is 15.1. The second-order valence-corrected chi connectivity index (χ2v) is 7.62. The maximum absolute atomic E-state index is 12.5. The molecule has 0 aliphatic carbocycles. The molecule has 1 saturated heterocycles. The Bertz CT molecular complexity index is 783. The van der Waals surface area contributed by atoms with Crippen molar-refractivity contribution >= 4 is 11.6 Å². The van der Waals surface area contributed by atoms with Gasteiger partial charge in [-0.25, -0.2) is 4.98 Å². The molecule has 1 aliphatic rings. The fourth-order valence-corrected chi connectivity index (χ4v) is 3.61. The molecule has 2 aromatic heterocycles. The molecule has 27 heavy (non-hydrogen) atoms. The maximum atomic E-state index is 12.5. The van der Waals surface area contributed by atoms with E-state index in [0.717, 1.165) is 47.2 Å². The lowest BCUT2D eigenvalue weighted by molar-refractivity contribution is -0.118.